The van der Waals surface area contributed by atoms with Crippen LogP contribution in [-0.4, -0.2) is 52.1 Å². The lowest BCUT2D eigenvalue weighted by Gasteiger charge is -2.35. The lowest BCUT2D eigenvalue weighted by Crippen LogP contribution is -2.39. The number of ether oxygens (including phenoxy) is 1. The Bertz CT molecular complexity index is 1280. The van der Waals surface area contributed by atoms with Crippen molar-refractivity contribution in [2.24, 2.45) is 5.92 Å². The standard InChI is InChI=1S/C28H35N5O2/c1-18-10-12-31(16-18)27-19(2)17-33-26(29-27)15-23(30-33)24-9-4-5-11-32(24)28(34)22-13-20-7-6-8-21(20)14-25(22)35-3/h13-15,17-18,24H,4-12,16H2,1-3H3/t18-,24-/m0/s1. The minimum Gasteiger partial charge on any atom is -0.496 e. The summed E-state index contributed by atoms with van der Waals surface area (Å²) >= 11 is 0. The zero-order chi connectivity index (χ0) is 24.1. The number of methoxy groups -OCH3 is 1. The predicted octanol–water partition coefficient (Wildman–Crippen LogP) is 4.75. The number of amides is 1. The number of nitrogens with zero attached hydrogens (tertiary/aromatic N) is 5. The van der Waals surface area contributed by atoms with Crippen LogP contribution in [0.3, 0.4) is 0 Å². The molecule has 4 heterocycles. The number of rotatable bonds is 4. The van der Waals surface area contributed by atoms with Gasteiger partial charge in [-0.3, -0.25) is 4.79 Å². The summed E-state index contributed by atoms with van der Waals surface area (Å²) in [5, 5.41) is 4.92. The van der Waals surface area contributed by atoms with Crippen LogP contribution in [0.4, 0.5) is 5.82 Å². The van der Waals surface area contributed by atoms with E-state index in [1.807, 2.05) is 9.42 Å². The van der Waals surface area contributed by atoms with Crippen molar-refractivity contribution in [3.8, 4) is 5.75 Å². The normalized spacial score (nSPS) is 22.1. The van der Waals surface area contributed by atoms with Crippen LogP contribution in [0.2, 0.25) is 0 Å². The number of aromatic nitrogens is 3. The first-order valence-corrected chi connectivity index (χ1v) is 13.1. The van der Waals surface area contributed by atoms with Crippen molar-refractivity contribution >= 4 is 17.4 Å². The molecule has 7 heteroatoms. The lowest BCUT2D eigenvalue weighted by atomic mass is 9.97. The fourth-order valence-corrected chi connectivity index (χ4v) is 6.20. The Morgan fingerprint density at radius 1 is 1.06 bits per heavy atom. The molecule has 2 fully saturated rings. The summed E-state index contributed by atoms with van der Waals surface area (Å²) in [5.41, 5.74) is 6.21. The predicted molar refractivity (Wildman–Crippen MR) is 136 cm³/mol. The molecule has 2 atom stereocenters. The van der Waals surface area contributed by atoms with E-state index in [0.29, 0.717) is 17.2 Å². The van der Waals surface area contributed by atoms with Crippen molar-refractivity contribution < 1.29 is 9.53 Å². The molecule has 7 nitrogen and oxygen atoms in total. The molecule has 0 spiro atoms. The van der Waals surface area contributed by atoms with Crippen LogP contribution in [0, 0.1) is 12.8 Å². The second-order valence-corrected chi connectivity index (χ2v) is 10.6. The molecule has 1 aromatic carbocycles. The van der Waals surface area contributed by atoms with Gasteiger partial charge in [0.25, 0.3) is 5.91 Å². The molecule has 3 aromatic rings. The third-order valence-corrected chi connectivity index (χ3v) is 8.10. The highest BCUT2D eigenvalue weighted by Crippen LogP contribution is 2.36. The van der Waals surface area contributed by atoms with Gasteiger partial charge in [-0.2, -0.15) is 5.10 Å². The van der Waals surface area contributed by atoms with E-state index in [4.69, 9.17) is 14.8 Å². The summed E-state index contributed by atoms with van der Waals surface area (Å²) in [7, 11) is 1.66. The number of carbonyl (C=O) groups is 1. The van der Waals surface area contributed by atoms with E-state index in [2.05, 4.69) is 43.1 Å². The highest BCUT2D eigenvalue weighted by molar-refractivity contribution is 5.97. The van der Waals surface area contributed by atoms with Gasteiger partial charge in [0.05, 0.1) is 24.4 Å². The number of hydrogen-bond acceptors (Lipinski definition) is 5. The van der Waals surface area contributed by atoms with Gasteiger partial charge in [-0.25, -0.2) is 9.50 Å². The number of piperidine rings is 1. The first-order valence-electron chi connectivity index (χ1n) is 13.1. The molecule has 3 aliphatic rings. The Hall–Kier alpha value is -3.09. The average molecular weight is 474 g/mol. The minimum absolute atomic E-state index is 0.0496. The minimum atomic E-state index is -0.0496. The summed E-state index contributed by atoms with van der Waals surface area (Å²) in [6.07, 6.45) is 9.57. The highest BCUT2D eigenvalue weighted by atomic mass is 16.5. The van der Waals surface area contributed by atoms with Gasteiger partial charge in [0.15, 0.2) is 5.65 Å². The number of carbonyl (C=O) groups excluding carboxylic acids is 1. The molecule has 0 N–H and O–H groups in total. The van der Waals surface area contributed by atoms with Crippen LogP contribution in [0.5, 0.6) is 5.75 Å². The first-order chi connectivity index (χ1) is 17.0. The smallest absolute Gasteiger partial charge is 0.258 e. The van der Waals surface area contributed by atoms with E-state index in [1.54, 1.807) is 7.11 Å². The number of likely N-dealkylation sites (tertiary alicyclic amines) is 1. The number of aryl methyl sites for hydroxylation is 3. The molecule has 2 saturated heterocycles. The summed E-state index contributed by atoms with van der Waals surface area (Å²) in [5.74, 6) is 2.50. The summed E-state index contributed by atoms with van der Waals surface area (Å²) in [4.78, 5) is 23.3. The second-order valence-electron chi connectivity index (χ2n) is 10.6. The maximum absolute atomic E-state index is 13.9. The van der Waals surface area contributed by atoms with E-state index < -0.39 is 0 Å². The largest absolute Gasteiger partial charge is 0.496 e. The van der Waals surface area contributed by atoms with Crippen LogP contribution in [0.1, 0.15) is 77.8 Å². The fourth-order valence-electron chi connectivity index (χ4n) is 6.20. The number of benzene rings is 1. The molecule has 0 unspecified atom stereocenters. The van der Waals surface area contributed by atoms with E-state index in [-0.39, 0.29) is 11.9 Å². The summed E-state index contributed by atoms with van der Waals surface area (Å²) in [6, 6.07) is 6.19. The van der Waals surface area contributed by atoms with Gasteiger partial charge < -0.3 is 14.5 Å². The van der Waals surface area contributed by atoms with Crippen LogP contribution >= 0.6 is 0 Å². The molecular weight excluding hydrogens is 438 g/mol. The zero-order valence-electron chi connectivity index (χ0n) is 21.1. The highest BCUT2D eigenvalue weighted by Gasteiger charge is 2.33. The SMILES string of the molecule is COc1cc2c(cc1C(=O)N1CCCC[C@H]1c1cc3nc(N4CC[C@H](C)C4)c(C)cn3n1)CCC2. The molecule has 6 rings (SSSR count). The van der Waals surface area contributed by atoms with E-state index in [1.165, 1.54) is 17.5 Å². The van der Waals surface area contributed by atoms with Gasteiger partial charge in [0, 0.05) is 37.5 Å². The van der Waals surface area contributed by atoms with Gasteiger partial charge in [0.2, 0.25) is 0 Å². The van der Waals surface area contributed by atoms with Crippen molar-refractivity contribution in [3.05, 3.63) is 52.3 Å². The Kier molecular flexibility index (Phi) is 5.66. The molecule has 184 valence electrons. The van der Waals surface area contributed by atoms with Gasteiger partial charge in [-0.1, -0.05) is 6.92 Å². The molecule has 2 aliphatic heterocycles. The van der Waals surface area contributed by atoms with Crippen LogP contribution < -0.4 is 9.64 Å². The van der Waals surface area contributed by atoms with E-state index >= 15 is 0 Å². The maximum atomic E-state index is 13.9. The lowest BCUT2D eigenvalue weighted by molar-refractivity contribution is 0.0602. The van der Waals surface area contributed by atoms with Crippen molar-refractivity contribution in [2.45, 2.75) is 64.8 Å². The Balaban J connectivity index is 1.33. The van der Waals surface area contributed by atoms with Gasteiger partial charge in [-0.15, -0.1) is 0 Å². The first kappa shape index (κ1) is 22.4. The van der Waals surface area contributed by atoms with Crippen LogP contribution in [-0.2, 0) is 12.8 Å². The molecule has 35 heavy (non-hydrogen) atoms. The maximum Gasteiger partial charge on any atom is 0.258 e. The van der Waals surface area contributed by atoms with Crippen molar-refractivity contribution in [2.75, 3.05) is 31.6 Å². The Morgan fingerprint density at radius 2 is 1.89 bits per heavy atom. The van der Waals surface area contributed by atoms with Crippen LogP contribution in [0.15, 0.2) is 24.4 Å². The Morgan fingerprint density at radius 3 is 2.66 bits per heavy atom. The third-order valence-electron chi connectivity index (χ3n) is 8.10. The average Bonchev–Trinajstić information content (AvgIpc) is 3.61. The second kappa shape index (κ2) is 8.85. The van der Waals surface area contributed by atoms with Crippen molar-refractivity contribution in [1.82, 2.24) is 19.5 Å². The molecule has 0 bridgehead atoms. The van der Waals surface area contributed by atoms with Gasteiger partial charge >= 0.3 is 0 Å². The Labute approximate surface area is 207 Å². The molecule has 2 aromatic heterocycles. The van der Waals surface area contributed by atoms with Crippen molar-refractivity contribution in [3.63, 3.8) is 0 Å². The van der Waals surface area contributed by atoms with Crippen molar-refractivity contribution in [1.29, 1.82) is 0 Å². The molecule has 1 amide bonds. The zero-order valence-corrected chi connectivity index (χ0v) is 21.1. The number of hydrogen-bond donors (Lipinski definition) is 0. The molecule has 0 radical (unpaired) electrons. The van der Waals surface area contributed by atoms with E-state index in [0.717, 1.165) is 80.9 Å². The fraction of sp³-hybridized carbons (Fsp3) is 0.536. The quantitative estimate of drug-likeness (QED) is 0.547. The summed E-state index contributed by atoms with van der Waals surface area (Å²) < 4.78 is 7.56. The molecular formula is C28H35N5O2. The third kappa shape index (κ3) is 3.95. The van der Waals surface area contributed by atoms with E-state index in [9.17, 15) is 4.79 Å². The topological polar surface area (TPSA) is 63.0 Å². The summed E-state index contributed by atoms with van der Waals surface area (Å²) in [6.45, 7) is 7.26. The van der Waals surface area contributed by atoms with Gasteiger partial charge in [-0.05, 0) is 81.0 Å². The number of fused-ring (bicyclic) bond motifs is 2. The molecule has 1 aliphatic carbocycles. The number of anilines is 1. The monoisotopic (exact) mass is 473 g/mol. The molecule has 0 saturated carbocycles. The van der Waals surface area contributed by atoms with Crippen LogP contribution in [0.25, 0.3) is 5.65 Å². The van der Waals surface area contributed by atoms with Gasteiger partial charge in [0.1, 0.15) is 11.6 Å².